The first-order valence-electron chi connectivity index (χ1n) is 18.7. The molecule has 6 aromatic carbocycles. The fourth-order valence-corrected chi connectivity index (χ4v) is 6.20. The lowest BCUT2D eigenvalue weighted by Gasteiger charge is -2.26. The first-order chi connectivity index (χ1) is 25.2. The van der Waals surface area contributed by atoms with Gasteiger partial charge in [0, 0.05) is 17.1 Å². The van der Waals surface area contributed by atoms with Gasteiger partial charge in [-0.15, -0.1) is 0 Å². The maximum absolute atomic E-state index is 2.33. The summed E-state index contributed by atoms with van der Waals surface area (Å²) in [6.07, 6.45) is 13.1. The average Bonchev–Trinajstić information content (AvgIpc) is 3.17. The SMILES string of the molecule is CC(C)c1ccc(C=Cc2ccc(N(c3ccc(C=Cc4ccc(C(C)C)cc4)cc3)c3ccc(C=Cc4ccc(C(C)C)cc4)cc3)cc2)cc1. The summed E-state index contributed by atoms with van der Waals surface area (Å²) in [6, 6.07) is 53.0. The number of hydrogen-bond acceptors (Lipinski definition) is 1. The standard InChI is InChI=1S/C51H51N/c1-37(2)46-25-13-40(14-26-46)7-10-43-19-31-49(32-20-43)52(50-33-21-44(22-34-50)11-8-41-15-27-47(28-16-41)38(3)4)51-35-23-45(24-36-51)12-9-42-17-29-48(30-18-42)39(5)6/h7-39H,1-6H3. The molecular formula is C51H51N. The van der Waals surface area contributed by atoms with Gasteiger partial charge in [-0.25, -0.2) is 0 Å². The molecule has 0 aliphatic carbocycles. The van der Waals surface area contributed by atoms with Gasteiger partial charge in [-0.2, -0.15) is 0 Å². The molecule has 0 radical (unpaired) electrons. The summed E-state index contributed by atoms with van der Waals surface area (Å²) in [5, 5.41) is 0. The monoisotopic (exact) mass is 677 g/mol. The molecule has 0 atom stereocenters. The molecule has 0 spiro atoms. The minimum atomic E-state index is 0.536. The highest BCUT2D eigenvalue weighted by atomic mass is 15.1. The normalized spacial score (nSPS) is 11.9. The Morgan fingerprint density at radius 2 is 0.442 bits per heavy atom. The molecule has 0 aliphatic heterocycles. The molecule has 0 aromatic heterocycles. The second kappa shape index (κ2) is 17.0. The van der Waals surface area contributed by atoms with Gasteiger partial charge in [0.1, 0.15) is 0 Å². The van der Waals surface area contributed by atoms with E-state index in [9.17, 15) is 0 Å². The van der Waals surface area contributed by atoms with E-state index in [1.165, 1.54) is 50.1 Å². The third-order valence-electron chi connectivity index (χ3n) is 9.67. The zero-order chi connectivity index (χ0) is 36.5. The van der Waals surface area contributed by atoms with Crippen molar-refractivity contribution >= 4 is 53.5 Å². The molecule has 0 bridgehead atoms. The highest BCUT2D eigenvalue weighted by molar-refractivity contribution is 5.80. The maximum Gasteiger partial charge on any atom is 0.0462 e. The number of benzene rings is 6. The van der Waals surface area contributed by atoms with Crippen molar-refractivity contribution in [2.45, 2.75) is 59.3 Å². The Morgan fingerprint density at radius 1 is 0.269 bits per heavy atom. The van der Waals surface area contributed by atoms with Gasteiger partial charge in [0.15, 0.2) is 0 Å². The van der Waals surface area contributed by atoms with Crippen LogP contribution in [-0.4, -0.2) is 0 Å². The topological polar surface area (TPSA) is 3.24 Å². The largest absolute Gasteiger partial charge is 0.311 e. The van der Waals surface area contributed by atoms with Crippen LogP contribution in [0.2, 0.25) is 0 Å². The van der Waals surface area contributed by atoms with Gasteiger partial charge in [-0.3, -0.25) is 0 Å². The van der Waals surface area contributed by atoms with E-state index >= 15 is 0 Å². The van der Waals surface area contributed by atoms with Crippen LogP contribution < -0.4 is 4.90 Å². The van der Waals surface area contributed by atoms with Crippen LogP contribution in [0.25, 0.3) is 36.5 Å². The van der Waals surface area contributed by atoms with Gasteiger partial charge in [0.25, 0.3) is 0 Å². The molecule has 0 saturated carbocycles. The number of anilines is 3. The van der Waals surface area contributed by atoms with Gasteiger partial charge in [0.05, 0.1) is 0 Å². The Labute approximate surface area is 312 Å². The van der Waals surface area contributed by atoms with Crippen LogP contribution in [0.3, 0.4) is 0 Å². The van der Waals surface area contributed by atoms with Gasteiger partial charge in [-0.05, 0) is 104 Å². The number of rotatable bonds is 12. The lowest BCUT2D eigenvalue weighted by molar-refractivity contribution is 0.866. The Bertz CT molecular complexity index is 1840. The zero-order valence-electron chi connectivity index (χ0n) is 31.5. The molecule has 0 N–H and O–H groups in total. The quantitative estimate of drug-likeness (QED) is 0.117. The van der Waals surface area contributed by atoms with Crippen LogP contribution >= 0.6 is 0 Å². The summed E-state index contributed by atoms with van der Waals surface area (Å²) in [5.41, 5.74) is 14.5. The molecular weight excluding hydrogens is 627 g/mol. The summed E-state index contributed by atoms with van der Waals surface area (Å²) >= 11 is 0. The highest BCUT2D eigenvalue weighted by Gasteiger charge is 2.12. The average molecular weight is 678 g/mol. The van der Waals surface area contributed by atoms with Crippen molar-refractivity contribution in [1.29, 1.82) is 0 Å². The molecule has 1 nitrogen and oxygen atoms in total. The van der Waals surface area contributed by atoms with Crippen LogP contribution in [0.5, 0.6) is 0 Å². The van der Waals surface area contributed by atoms with Crippen molar-refractivity contribution in [3.05, 3.63) is 196 Å². The first kappa shape index (κ1) is 36.1. The van der Waals surface area contributed by atoms with Crippen molar-refractivity contribution < 1.29 is 0 Å². The van der Waals surface area contributed by atoms with E-state index in [1.54, 1.807) is 0 Å². The van der Waals surface area contributed by atoms with E-state index in [4.69, 9.17) is 0 Å². The molecule has 52 heavy (non-hydrogen) atoms. The molecule has 0 heterocycles. The predicted octanol–water partition coefficient (Wildman–Crippen LogP) is 15.0. The molecule has 0 aliphatic rings. The third-order valence-corrected chi connectivity index (χ3v) is 9.67. The molecule has 0 saturated heterocycles. The third kappa shape index (κ3) is 9.56. The van der Waals surface area contributed by atoms with E-state index in [-0.39, 0.29) is 0 Å². The smallest absolute Gasteiger partial charge is 0.0462 e. The van der Waals surface area contributed by atoms with Crippen molar-refractivity contribution in [2.75, 3.05) is 4.90 Å². The van der Waals surface area contributed by atoms with E-state index in [2.05, 4.69) is 228 Å². The lowest BCUT2D eigenvalue weighted by atomic mass is 10.0. The van der Waals surface area contributed by atoms with Gasteiger partial charge >= 0.3 is 0 Å². The van der Waals surface area contributed by atoms with E-state index < -0.39 is 0 Å². The Kier molecular flexibility index (Phi) is 11.8. The summed E-state index contributed by atoms with van der Waals surface area (Å²) in [5.74, 6) is 1.61. The molecule has 0 amide bonds. The maximum atomic E-state index is 2.33. The van der Waals surface area contributed by atoms with E-state index in [1.807, 2.05) is 0 Å². The Hall–Kier alpha value is -5.66. The van der Waals surface area contributed by atoms with E-state index in [0.717, 1.165) is 17.1 Å². The van der Waals surface area contributed by atoms with Crippen LogP contribution in [-0.2, 0) is 0 Å². The summed E-state index contributed by atoms with van der Waals surface area (Å²) in [6.45, 7) is 13.4. The fraction of sp³-hybridized carbons (Fsp3) is 0.176. The molecule has 0 unspecified atom stereocenters. The lowest BCUT2D eigenvalue weighted by Crippen LogP contribution is -2.09. The predicted molar refractivity (Wildman–Crippen MR) is 230 cm³/mol. The summed E-state index contributed by atoms with van der Waals surface area (Å²) in [7, 11) is 0. The molecule has 260 valence electrons. The fourth-order valence-electron chi connectivity index (χ4n) is 6.20. The Morgan fingerprint density at radius 3 is 0.615 bits per heavy atom. The second-order valence-corrected chi connectivity index (χ2v) is 14.6. The van der Waals surface area contributed by atoms with Crippen LogP contribution in [0.15, 0.2) is 146 Å². The first-order valence-corrected chi connectivity index (χ1v) is 18.7. The highest BCUT2D eigenvalue weighted by Crippen LogP contribution is 2.35. The van der Waals surface area contributed by atoms with Crippen LogP contribution in [0.4, 0.5) is 17.1 Å². The Balaban J connectivity index is 1.24. The molecule has 6 aromatic rings. The van der Waals surface area contributed by atoms with E-state index in [0.29, 0.717) is 17.8 Å². The van der Waals surface area contributed by atoms with Crippen molar-refractivity contribution in [3.8, 4) is 0 Å². The minimum Gasteiger partial charge on any atom is -0.311 e. The molecule has 0 fully saturated rings. The molecule has 6 rings (SSSR count). The van der Waals surface area contributed by atoms with Crippen LogP contribution in [0, 0.1) is 0 Å². The van der Waals surface area contributed by atoms with Crippen molar-refractivity contribution in [2.24, 2.45) is 0 Å². The van der Waals surface area contributed by atoms with Crippen molar-refractivity contribution in [1.82, 2.24) is 0 Å². The summed E-state index contributed by atoms with van der Waals surface area (Å²) in [4.78, 5) is 2.33. The minimum absolute atomic E-state index is 0.536. The number of nitrogens with zero attached hydrogens (tertiary/aromatic N) is 1. The van der Waals surface area contributed by atoms with Crippen LogP contribution in [0.1, 0.15) is 109 Å². The zero-order valence-corrected chi connectivity index (χ0v) is 31.5. The van der Waals surface area contributed by atoms with Crippen molar-refractivity contribution in [3.63, 3.8) is 0 Å². The van der Waals surface area contributed by atoms with Gasteiger partial charge in [-0.1, -0.05) is 187 Å². The molecule has 1 heteroatoms. The van der Waals surface area contributed by atoms with Gasteiger partial charge < -0.3 is 4.90 Å². The summed E-state index contributed by atoms with van der Waals surface area (Å²) < 4.78 is 0. The second-order valence-electron chi connectivity index (χ2n) is 14.6. The van der Waals surface area contributed by atoms with Gasteiger partial charge in [0.2, 0.25) is 0 Å². The number of hydrogen-bond donors (Lipinski definition) is 0.